The number of aryl methyl sites for hydroxylation is 1. The highest BCUT2D eigenvalue weighted by Crippen LogP contribution is 2.36. The fraction of sp³-hybridized carbons (Fsp3) is 0.308. The summed E-state index contributed by atoms with van der Waals surface area (Å²) in [5.41, 5.74) is 1.53. The van der Waals surface area contributed by atoms with Gasteiger partial charge in [0.25, 0.3) is 0 Å². The molecule has 4 aromatic heterocycles. The van der Waals surface area contributed by atoms with Crippen LogP contribution in [0, 0.1) is 0 Å². The number of rotatable bonds is 8. The van der Waals surface area contributed by atoms with Crippen molar-refractivity contribution in [3.8, 4) is 28.4 Å². The van der Waals surface area contributed by atoms with Gasteiger partial charge in [-0.05, 0) is 18.2 Å². The van der Waals surface area contributed by atoms with Crippen LogP contribution in [0.2, 0.25) is 0 Å². The monoisotopic (exact) mass is 533 g/mol. The first-order valence-electron chi connectivity index (χ1n) is 12.4. The topological polar surface area (TPSA) is 108 Å². The lowest BCUT2D eigenvalue weighted by molar-refractivity contribution is 0.0306. The minimum absolute atomic E-state index is 0.209. The molecule has 1 fully saturated rings. The summed E-state index contributed by atoms with van der Waals surface area (Å²) in [6.07, 6.45) is 6.45. The van der Waals surface area contributed by atoms with E-state index < -0.39 is 11.7 Å². The standard InChI is InChI=1S/C26H25F2N9O2/c1-35-17-19(14-31-35)22-5-6-23-32-33-25(37(23)34-22)26(27,28)20-4-2-3-18(13-20)24-29-15-21(16-30-24)39-12-9-36-7-10-38-11-8-36/h2-6,13-17H,7-12H2,1H3. The molecular weight excluding hydrogens is 508 g/mol. The Kier molecular flexibility index (Phi) is 6.67. The van der Waals surface area contributed by atoms with E-state index >= 15 is 8.78 Å². The molecule has 0 aliphatic carbocycles. The van der Waals surface area contributed by atoms with Crippen LogP contribution in [0.25, 0.3) is 28.3 Å². The normalized spacial score (nSPS) is 14.6. The highest BCUT2D eigenvalue weighted by molar-refractivity contribution is 5.59. The molecule has 0 atom stereocenters. The van der Waals surface area contributed by atoms with Gasteiger partial charge < -0.3 is 9.47 Å². The number of aromatic nitrogens is 8. The molecule has 0 N–H and O–H groups in total. The maximum atomic E-state index is 15.8. The molecule has 1 aliphatic rings. The molecule has 1 aromatic carbocycles. The van der Waals surface area contributed by atoms with Crippen LogP contribution in [0.3, 0.4) is 0 Å². The summed E-state index contributed by atoms with van der Waals surface area (Å²) < 4.78 is 45.4. The molecule has 39 heavy (non-hydrogen) atoms. The summed E-state index contributed by atoms with van der Waals surface area (Å²) in [6.45, 7) is 4.49. The van der Waals surface area contributed by atoms with Gasteiger partial charge in [0, 0.05) is 49.6 Å². The van der Waals surface area contributed by atoms with Gasteiger partial charge in [0.05, 0.1) is 37.5 Å². The molecule has 0 bridgehead atoms. The molecule has 1 aliphatic heterocycles. The minimum Gasteiger partial charge on any atom is -0.489 e. The molecule has 11 nitrogen and oxygen atoms in total. The molecule has 6 rings (SSSR count). The van der Waals surface area contributed by atoms with E-state index in [1.807, 2.05) is 0 Å². The molecule has 0 saturated carbocycles. The average molecular weight is 534 g/mol. The van der Waals surface area contributed by atoms with Crippen LogP contribution in [-0.4, -0.2) is 83.9 Å². The Balaban J connectivity index is 1.21. The van der Waals surface area contributed by atoms with Gasteiger partial charge in [-0.1, -0.05) is 18.2 Å². The van der Waals surface area contributed by atoms with Crippen LogP contribution >= 0.6 is 0 Å². The fourth-order valence-corrected chi connectivity index (χ4v) is 4.33. The molecule has 0 radical (unpaired) electrons. The Bertz CT molecular complexity index is 1580. The zero-order valence-corrected chi connectivity index (χ0v) is 21.1. The van der Waals surface area contributed by atoms with Crippen molar-refractivity contribution in [1.29, 1.82) is 0 Å². The van der Waals surface area contributed by atoms with Gasteiger partial charge in [-0.3, -0.25) is 9.58 Å². The van der Waals surface area contributed by atoms with E-state index in [1.54, 1.807) is 54.7 Å². The van der Waals surface area contributed by atoms with Crippen molar-refractivity contribution in [2.24, 2.45) is 7.05 Å². The maximum absolute atomic E-state index is 15.8. The first-order valence-corrected chi connectivity index (χ1v) is 12.4. The number of alkyl halides is 2. The highest BCUT2D eigenvalue weighted by atomic mass is 19.3. The van der Waals surface area contributed by atoms with Crippen LogP contribution in [0.15, 0.2) is 61.2 Å². The van der Waals surface area contributed by atoms with Gasteiger partial charge in [0.2, 0.25) is 5.82 Å². The summed E-state index contributed by atoms with van der Waals surface area (Å²) in [5, 5.41) is 16.2. The third kappa shape index (κ3) is 5.18. The van der Waals surface area contributed by atoms with Crippen molar-refractivity contribution in [3.05, 3.63) is 72.6 Å². The van der Waals surface area contributed by atoms with Crippen LogP contribution < -0.4 is 4.74 Å². The number of halogens is 2. The van der Waals surface area contributed by atoms with E-state index in [1.165, 1.54) is 18.2 Å². The lowest BCUT2D eigenvalue weighted by atomic mass is 10.0. The second-order valence-electron chi connectivity index (χ2n) is 9.11. The number of benzene rings is 1. The summed E-state index contributed by atoms with van der Waals surface area (Å²) in [6, 6.07) is 9.17. The first-order chi connectivity index (χ1) is 19.0. The Morgan fingerprint density at radius 1 is 1.00 bits per heavy atom. The predicted octanol–water partition coefficient (Wildman–Crippen LogP) is 2.83. The molecule has 1 saturated heterocycles. The van der Waals surface area contributed by atoms with Gasteiger partial charge in [-0.2, -0.15) is 23.5 Å². The number of hydrogen-bond acceptors (Lipinski definition) is 9. The van der Waals surface area contributed by atoms with Crippen LogP contribution in [0.5, 0.6) is 5.75 Å². The highest BCUT2D eigenvalue weighted by Gasteiger charge is 2.40. The smallest absolute Gasteiger partial charge is 0.333 e. The Morgan fingerprint density at radius 2 is 1.82 bits per heavy atom. The van der Waals surface area contributed by atoms with Crippen LogP contribution in [0.4, 0.5) is 8.78 Å². The van der Waals surface area contributed by atoms with Crippen molar-refractivity contribution >= 4 is 5.65 Å². The van der Waals surface area contributed by atoms with Gasteiger partial charge in [-0.25, -0.2) is 9.97 Å². The second-order valence-corrected chi connectivity index (χ2v) is 9.11. The molecule has 13 heteroatoms. The SMILES string of the molecule is Cn1cc(-c2ccc3nnc(C(F)(F)c4cccc(-c5ncc(OCCN6CCOCC6)cn5)c4)n3n2)cn1. The molecule has 0 spiro atoms. The number of morpholine rings is 1. The Hall–Kier alpha value is -4.36. The Labute approximate surface area is 222 Å². The van der Waals surface area contributed by atoms with Crippen molar-refractivity contribution in [2.75, 3.05) is 39.5 Å². The van der Waals surface area contributed by atoms with E-state index in [9.17, 15) is 0 Å². The van der Waals surface area contributed by atoms with E-state index in [0.717, 1.165) is 37.4 Å². The summed E-state index contributed by atoms with van der Waals surface area (Å²) in [7, 11) is 1.77. The summed E-state index contributed by atoms with van der Waals surface area (Å²) >= 11 is 0. The average Bonchev–Trinajstić information content (AvgIpc) is 3.60. The van der Waals surface area contributed by atoms with Crippen LogP contribution in [-0.2, 0) is 17.7 Å². The predicted molar refractivity (Wildman–Crippen MR) is 136 cm³/mol. The van der Waals surface area contributed by atoms with Gasteiger partial charge in [0.15, 0.2) is 17.2 Å². The third-order valence-corrected chi connectivity index (χ3v) is 6.44. The van der Waals surface area contributed by atoms with Crippen LogP contribution in [0.1, 0.15) is 11.4 Å². The third-order valence-electron chi connectivity index (χ3n) is 6.44. The fourth-order valence-electron chi connectivity index (χ4n) is 4.33. The quantitative estimate of drug-likeness (QED) is 0.298. The zero-order chi connectivity index (χ0) is 26.8. The molecule has 5 aromatic rings. The maximum Gasteiger partial charge on any atom is 0.333 e. The van der Waals surface area contributed by atoms with E-state index in [4.69, 9.17) is 9.47 Å². The van der Waals surface area contributed by atoms with Crippen molar-refractivity contribution in [1.82, 2.24) is 44.5 Å². The molecule has 200 valence electrons. The molecule has 0 amide bonds. The van der Waals surface area contributed by atoms with Crippen molar-refractivity contribution < 1.29 is 18.3 Å². The zero-order valence-electron chi connectivity index (χ0n) is 21.1. The lowest BCUT2D eigenvalue weighted by Crippen LogP contribution is -2.38. The molecule has 0 unspecified atom stereocenters. The van der Waals surface area contributed by atoms with Gasteiger partial charge in [-0.15, -0.1) is 10.2 Å². The minimum atomic E-state index is -3.49. The van der Waals surface area contributed by atoms with Crippen molar-refractivity contribution in [2.45, 2.75) is 5.92 Å². The first kappa shape index (κ1) is 24.9. The van der Waals surface area contributed by atoms with E-state index in [-0.39, 0.29) is 11.2 Å². The molecule has 5 heterocycles. The van der Waals surface area contributed by atoms with E-state index in [0.29, 0.717) is 35.0 Å². The van der Waals surface area contributed by atoms with Gasteiger partial charge in [0.1, 0.15) is 6.61 Å². The number of fused-ring (bicyclic) bond motifs is 1. The second kappa shape index (κ2) is 10.4. The van der Waals surface area contributed by atoms with E-state index in [2.05, 4.69) is 35.3 Å². The number of nitrogens with zero attached hydrogens (tertiary/aromatic N) is 9. The largest absolute Gasteiger partial charge is 0.489 e. The lowest BCUT2D eigenvalue weighted by Gasteiger charge is -2.26. The Morgan fingerprint density at radius 3 is 2.59 bits per heavy atom. The summed E-state index contributed by atoms with van der Waals surface area (Å²) in [5.74, 6) is -3.26. The van der Waals surface area contributed by atoms with Gasteiger partial charge >= 0.3 is 5.92 Å². The molecular formula is C26H25F2N9O2. The van der Waals surface area contributed by atoms with Crippen molar-refractivity contribution in [3.63, 3.8) is 0 Å². The number of hydrogen-bond donors (Lipinski definition) is 0. The number of ether oxygens (including phenoxy) is 2. The summed E-state index contributed by atoms with van der Waals surface area (Å²) in [4.78, 5) is 10.9.